The fraction of sp³-hybridized carbons (Fsp3) is 0.333. The van der Waals surface area contributed by atoms with Gasteiger partial charge < -0.3 is 10.5 Å². The van der Waals surface area contributed by atoms with Crippen LogP contribution in [-0.4, -0.2) is 28.8 Å². The topological polar surface area (TPSA) is 104 Å². The monoisotopic (exact) mass is 294 g/mol. The molecule has 0 bridgehead atoms. The Morgan fingerprint density at radius 1 is 1.45 bits per heavy atom. The fourth-order valence-electron chi connectivity index (χ4n) is 1.77. The highest BCUT2D eigenvalue weighted by Gasteiger charge is 2.21. The van der Waals surface area contributed by atoms with Crippen LogP contribution in [0.2, 0.25) is 0 Å². The van der Waals surface area contributed by atoms with Crippen LogP contribution in [0.25, 0.3) is 10.6 Å². The molecule has 0 saturated carbocycles. The third-order valence-electron chi connectivity index (χ3n) is 2.69. The lowest BCUT2D eigenvalue weighted by molar-refractivity contribution is -0.385. The highest BCUT2D eigenvalue weighted by Crippen LogP contribution is 2.38. The molecule has 0 aliphatic rings. The van der Waals surface area contributed by atoms with Crippen molar-refractivity contribution in [2.24, 2.45) is 5.73 Å². The summed E-state index contributed by atoms with van der Waals surface area (Å²) in [5.74, 6) is 0.207. The first-order valence-corrected chi connectivity index (χ1v) is 6.83. The summed E-state index contributed by atoms with van der Waals surface area (Å²) in [6, 6.07) is 4.74. The van der Waals surface area contributed by atoms with Crippen molar-refractivity contribution in [3.63, 3.8) is 0 Å². The molecule has 0 spiro atoms. The van der Waals surface area contributed by atoms with Crippen molar-refractivity contribution < 1.29 is 9.66 Å². The van der Waals surface area contributed by atoms with E-state index in [2.05, 4.69) is 10.2 Å². The Hall–Kier alpha value is -2.06. The largest absolute Gasteiger partial charge is 0.490 e. The number of nitrogens with two attached hydrogens (primary N) is 1. The number of rotatable bonds is 6. The fourth-order valence-corrected chi connectivity index (χ4v) is 2.67. The van der Waals surface area contributed by atoms with Gasteiger partial charge in [0.1, 0.15) is 5.01 Å². The molecule has 106 valence electrons. The quantitative estimate of drug-likeness (QED) is 0.645. The highest BCUT2D eigenvalue weighted by atomic mass is 32.1. The summed E-state index contributed by atoms with van der Waals surface area (Å²) in [6.07, 6.45) is 1.59. The second kappa shape index (κ2) is 6.40. The van der Waals surface area contributed by atoms with Crippen molar-refractivity contribution in [3.05, 3.63) is 33.3 Å². The predicted molar refractivity (Wildman–Crippen MR) is 75.9 cm³/mol. The van der Waals surface area contributed by atoms with E-state index in [0.29, 0.717) is 17.1 Å². The Labute approximate surface area is 119 Å². The average molecular weight is 294 g/mol. The molecular weight excluding hydrogens is 280 g/mol. The maximum atomic E-state index is 11.0. The molecule has 1 heterocycles. The normalized spacial score (nSPS) is 10.5. The van der Waals surface area contributed by atoms with Gasteiger partial charge in [0.2, 0.25) is 5.75 Å². The van der Waals surface area contributed by atoms with E-state index in [-0.39, 0.29) is 11.4 Å². The molecule has 8 heteroatoms. The zero-order valence-corrected chi connectivity index (χ0v) is 11.7. The van der Waals surface area contributed by atoms with E-state index in [9.17, 15) is 10.1 Å². The minimum Gasteiger partial charge on any atom is -0.490 e. The predicted octanol–water partition coefficient (Wildman–Crippen LogP) is 2.01. The van der Waals surface area contributed by atoms with E-state index >= 15 is 0 Å². The number of nitrogens with zero attached hydrogens (tertiary/aromatic N) is 3. The standard InChI is InChI=1S/C12H14N4O3S/c1-19-11-8(4-2-5-9(11)16(17)18)12-15-14-10(20-12)6-3-7-13/h2,4-5H,3,6-7,13H2,1H3. The lowest BCUT2D eigenvalue weighted by Gasteiger charge is -2.05. The molecule has 1 aromatic carbocycles. The molecule has 1 aromatic heterocycles. The Kier molecular flexibility index (Phi) is 4.59. The number of nitro benzene ring substituents is 1. The summed E-state index contributed by atoms with van der Waals surface area (Å²) in [4.78, 5) is 10.5. The van der Waals surface area contributed by atoms with Gasteiger partial charge in [0.25, 0.3) is 0 Å². The zero-order valence-electron chi connectivity index (χ0n) is 10.9. The lowest BCUT2D eigenvalue weighted by atomic mass is 10.2. The molecule has 0 saturated heterocycles. The number of aromatic nitrogens is 2. The second-order valence-electron chi connectivity index (χ2n) is 4.01. The van der Waals surface area contributed by atoms with Gasteiger partial charge >= 0.3 is 5.69 Å². The SMILES string of the molecule is COc1c(-c2nnc(CCCN)s2)cccc1[N+](=O)[O-]. The molecule has 0 amide bonds. The maximum absolute atomic E-state index is 11.0. The molecule has 0 radical (unpaired) electrons. The summed E-state index contributed by atoms with van der Waals surface area (Å²) in [5.41, 5.74) is 5.96. The molecule has 2 N–H and O–H groups in total. The molecule has 2 rings (SSSR count). The summed E-state index contributed by atoms with van der Waals surface area (Å²) < 4.78 is 5.16. The average Bonchev–Trinajstić information content (AvgIpc) is 2.92. The number of para-hydroxylation sites is 1. The van der Waals surface area contributed by atoms with Crippen molar-refractivity contribution in [2.45, 2.75) is 12.8 Å². The summed E-state index contributed by atoms with van der Waals surface area (Å²) in [6.45, 7) is 0.592. The second-order valence-corrected chi connectivity index (χ2v) is 5.07. The lowest BCUT2D eigenvalue weighted by Crippen LogP contribution is -1.99. The van der Waals surface area contributed by atoms with E-state index in [1.165, 1.54) is 24.5 Å². The van der Waals surface area contributed by atoms with Crippen LogP contribution in [0.1, 0.15) is 11.4 Å². The van der Waals surface area contributed by atoms with Crippen molar-refractivity contribution in [1.29, 1.82) is 0 Å². The van der Waals surface area contributed by atoms with Gasteiger partial charge in [0.15, 0.2) is 5.01 Å². The van der Waals surface area contributed by atoms with E-state index in [0.717, 1.165) is 17.8 Å². The Balaban J connectivity index is 2.39. The van der Waals surface area contributed by atoms with Gasteiger partial charge in [-0.3, -0.25) is 10.1 Å². The van der Waals surface area contributed by atoms with Crippen LogP contribution in [0.15, 0.2) is 18.2 Å². The van der Waals surface area contributed by atoms with Gasteiger partial charge in [-0.2, -0.15) is 0 Å². The van der Waals surface area contributed by atoms with Gasteiger partial charge in [-0.05, 0) is 19.0 Å². The van der Waals surface area contributed by atoms with Gasteiger partial charge in [-0.15, -0.1) is 10.2 Å². The number of hydrogen-bond donors (Lipinski definition) is 1. The summed E-state index contributed by atoms with van der Waals surface area (Å²) in [7, 11) is 1.40. The van der Waals surface area contributed by atoms with Crippen LogP contribution in [0.5, 0.6) is 5.75 Å². The molecule has 0 unspecified atom stereocenters. The van der Waals surface area contributed by atoms with Crippen LogP contribution in [0.4, 0.5) is 5.69 Å². The molecule has 0 fully saturated rings. The number of nitro groups is 1. The first-order valence-electron chi connectivity index (χ1n) is 6.01. The van der Waals surface area contributed by atoms with Crippen molar-refractivity contribution in [3.8, 4) is 16.3 Å². The van der Waals surface area contributed by atoms with Gasteiger partial charge in [-0.25, -0.2) is 0 Å². The van der Waals surface area contributed by atoms with Gasteiger partial charge in [0.05, 0.1) is 17.6 Å². The molecular formula is C12H14N4O3S. The first kappa shape index (κ1) is 14.4. The highest BCUT2D eigenvalue weighted by molar-refractivity contribution is 7.14. The Morgan fingerprint density at radius 2 is 2.25 bits per heavy atom. The van der Waals surface area contributed by atoms with E-state index < -0.39 is 4.92 Å². The molecule has 0 aliphatic carbocycles. The smallest absolute Gasteiger partial charge is 0.311 e. The maximum Gasteiger partial charge on any atom is 0.311 e. The van der Waals surface area contributed by atoms with E-state index in [4.69, 9.17) is 10.5 Å². The van der Waals surface area contributed by atoms with Gasteiger partial charge in [-0.1, -0.05) is 17.4 Å². The minimum absolute atomic E-state index is 0.0799. The number of hydrogen-bond acceptors (Lipinski definition) is 7. The minimum atomic E-state index is -0.474. The number of methoxy groups -OCH3 is 1. The van der Waals surface area contributed by atoms with Crippen LogP contribution in [0, 0.1) is 10.1 Å². The van der Waals surface area contributed by atoms with Crippen LogP contribution >= 0.6 is 11.3 Å². The molecule has 0 aliphatic heterocycles. The molecule has 0 atom stereocenters. The number of ether oxygens (including phenoxy) is 1. The van der Waals surface area contributed by atoms with Crippen molar-refractivity contribution in [1.82, 2.24) is 10.2 Å². The van der Waals surface area contributed by atoms with E-state index in [1.54, 1.807) is 12.1 Å². The summed E-state index contributed by atoms with van der Waals surface area (Å²) >= 11 is 1.40. The zero-order chi connectivity index (χ0) is 14.5. The van der Waals surface area contributed by atoms with Crippen LogP contribution < -0.4 is 10.5 Å². The molecule has 20 heavy (non-hydrogen) atoms. The van der Waals surface area contributed by atoms with Crippen LogP contribution in [-0.2, 0) is 6.42 Å². The Morgan fingerprint density at radius 3 is 2.90 bits per heavy atom. The van der Waals surface area contributed by atoms with E-state index in [1.807, 2.05) is 0 Å². The summed E-state index contributed by atoms with van der Waals surface area (Å²) in [5, 5.41) is 20.6. The van der Waals surface area contributed by atoms with Crippen molar-refractivity contribution in [2.75, 3.05) is 13.7 Å². The molecule has 2 aromatic rings. The third kappa shape index (κ3) is 2.91. The molecule has 7 nitrogen and oxygen atoms in total. The number of benzene rings is 1. The Bertz CT molecular complexity index is 614. The third-order valence-corrected chi connectivity index (χ3v) is 3.70. The number of aryl methyl sites for hydroxylation is 1. The van der Waals surface area contributed by atoms with Crippen LogP contribution in [0.3, 0.4) is 0 Å². The van der Waals surface area contributed by atoms with Crippen molar-refractivity contribution >= 4 is 17.0 Å². The first-order chi connectivity index (χ1) is 9.67. The van der Waals surface area contributed by atoms with Gasteiger partial charge in [0, 0.05) is 12.5 Å².